The summed E-state index contributed by atoms with van der Waals surface area (Å²) in [5.41, 5.74) is 1.21. The van der Waals surface area contributed by atoms with Crippen LogP contribution in [0.3, 0.4) is 0 Å². The van der Waals surface area contributed by atoms with Crippen molar-refractivity contribution in [2.75, 3.05) is 25.1 Å². The molecule has 3 rings (SSSR count). The van der Waals surface area contributed by atoms with Crippen LogP contribution in [0.25, 0.3) is 0 Å². The minimum Gasteiger partial charge on any atom is -0.494 e. The molecule has 31 heavy (non-hydrogen) atoms. The molecule has 3 aromatic rings. The molecule has 0 unspecified atom stereocenters. The average Bonchev–Trinajstić information content (AvgIpc) is 2.78. The number of carbonyl (C=O) groups excluding carboxylic acids is 1. The van der Waals surface area contributed by atoms with Crippen LogP contribution in [0.15, 0.2) is 78.9 Å². The van der Waals surface area contributed by atoms with Gasteiger partial charge in [0.15, 0.2) is 0 Å². The number of ether oxygens (including phenoxy) is 3. The van der Waals surface area contributed by atoms with Gasteiger partial charge >= 0.3 is 0 Å². The van der Waals surface area contributed by atoms with Crippen molar-refractivity contribution in [3.8, 4) is 17.2 Å². The molecule has 1 amide bonds. The largest absolute Gasteiger partial charge is 0.494 e. The Labute approximate surface area is 184 Å². The van der Waals surface area contributed by atoms with Crippen LogP contribution in [-0.2, 0) is 0 Å². The molecular formula is C26H29NO4. The van der Waals surface area contributed by atoms with Crippen molar-refractivity contribution in [3.63, 3.8) is 0 Å². The van der Waals surface area contributed by atoms with E-state index in [0.717, 1.165) is 17.9 Å². The van der Waals surface area contributed by atoms with Gasteiger partial charge < -0.3 is 19.5 Å². The number of para-hydroxylation sites is 1. The summed E-state index contributed by atoms with van der Waals surface area (Å²) in [7, 11) is 0. The first-order valence-electron chi connectivity index (χ1n) is 10.5. The van der Waals surface area contributed by atoms with Crippen LogP contribution >= 0.6 is 0 Å². The van der Waals surface area contributed by atoms with Gasteiger partial charge in [-0.1, -0.05) is 44.2 Å². The lowest BCUT2D eigenvalue weighted by Gasteiger charge is -2.11. The van der Waals surface area contributed by atoms with E-state index in [9.17, 15) is 4.79 Å². The molecule has 5 nitrogen and oxygen atoms in total. The maximum atomic E-state index is 12.7. The Morgan fingerprint density at radius 2 is 1.35 bits per heavy atom. The second-order valence-electron chi connectivity index (χ2n) is 7.55. The van der Waals surface area contributed by atoms with Gasteiger partial charge in [-0.15, -0.1) is 0 Å². The van der Waals surface area contributed by atoms with Crippen LogP contribution < -0.4 is 19.5 Å². The lowest BCUT2D eigenvalue weighted by Crippen LogP contribution is -2.13. The smallest absolute Gasteiger partial charge is 0.255 e. The number of hydrogen-bond acceptors (Lipinski definition) is 4. The number of hydrogen-bond donors (Lipinski definition) is 1. The second kappa shape index (κ2) is 11.6. The van der Waals surface area contributed by atoms with Crippen molar-refractivity contribution < 1.29 is 19.0 Å². The quantitative estimate of drug-likeness (QED) is 0.398. The molecule has 5 heteroatoms. The third-order valence-electron chi connectivity index (χ3n) is 4.52. The number of amides is 1. The van der Waals surface area contributed by atoms with Gasteiger partial charge in [0.25, 0.3) is 5.91 Å². The Hall–Kier alpha value is -3.47. The zero-order valence-corrected chi connectivity index (χ0v) is 18.0. The summed E-state index contributed by atoms with van der Waals surface area (Å²) in [6.45, 7) is 5.78. The molecule has 0 aromatic heterocycles. The molecule has 0 bridgehead atoms. The Kier molecular flexibility index (Phi) is 8.35. The lowest BCUT2D eigenvalue weighted by molar-refractivity contribution is 0.102. The van der Waals surface area contributed by atoms with Gasteiger partial charge in [0.1, 0.15) is 30.5 Å². The summed E-state index contributed by atoms with van der Waals surface area (Å²) >= 11 is 0. The molecule has 0 spiro atoms. The fourth-order valence-corrected chi connectivity index (χ4v) is 2.84. The third kappa shape index (κ3) is 7.70. The van der Waals surface area contributed by atoms with E-state index in [-0.39, 0.29) is 5.91 Å². The van der Waals surface area contributed by atoms with Crippen molar-refractivity contribution in [2.24, 2.45) is 5.92 Å². The van der Waals surface area contributed by atoms with Crippen LogP contribution in [0.2, 0.25) is 0 Å². The first kappa shape index (κ1) is 22.2. The van der Waals surface area contributed by atoms with Crippen LogP contribution in [0, 0.1) is 5.92 Å². The Morgan fingerprint density at radius 3 is 2.10 bits per heavy atom. The highest BCUT2D eigenvalue weighted by molar-refractivity contribution is 6.04. The molecule has 0 saturated heterocycles. The summed E-state index contributed by atoms with van der Waals surface area (Å²) < 4.78 is 17.1. The van der Waals surface area contributed by atoms with Gasteiger partial charge in [-0.2, -0.15) is 0 Å². The average molecular weight is 420 g/mol. The van der Waals surface area contributed by atoms with Crippen LogP contribution in [-0.4, -0.2) is 25.7 Å². The van der Waals surface area contributed by atoms with E-state index < -0.39 is 0 Å². The van der Waals surface area contributed by atoms with E-state index in [1.165, 1.54) is 0 Å². The first-order valence-corrected chi connectivity index (χ1v) is 10.5. The topological polar surface area (TPSA) is 56.8 Å². The lowest BCUT2D eigenvalue weighted by atomic mass is 10.1. The first-order chi connectivity index (χ1) is 15.1. The Morgan fingerprint density at radius 1 is 0.742 bits per heavy atom. The fourth-order valence-electron chi connectivity index (χ4n) is 2.84. The SMILES string of the molecule is CC(C)CCOc1cccc(NC(=O)c2cccc(OCCOc3ccccc3)c2)c1. The molecule has 3 aromatic carbocycles. The number of carbonyl (C=O) groups is 1. The number of nitrogens with one attached hydrogen (secondary N) is 1. The van der Waals surface area contributed by atoms with E-state index in [4.69, 9.17) is 14.2 Å². The van der Waals surface area contributed by atoms with Crippen LogP contribution in [0.1, 0.15) is 30.6 Å². The fraction of sp³-hybridized carbons (Fsp3) is 0.269. The highest BCUT2D eigenvalue weighted by Gasteiger charge is 2.08. The van der Waals surface area contributed by atoms with Crippen molar-refractivity contribution in [2.45, 2.75) is 20.3 Å². The van der Waals surface area contributed by atoms with Gasteiger partial charge in [-0.25, -0.2) is 0 Å². The van der Waals surface area contributed by atoms with Crippen molar-refractivity contribution in [3.05, 3.63) is 84.4 Å². The predicted octanol–water partition coefficient (Wildman–Crippen LogP) is 5.82. The molecule has 0 atom stereocenters. The van der Waals surface area contributed by atoms with E-state index in [0.29, 0.717) is 42.7 Å². The molecule has 0 fully saturated rings. The summed E-state index contributed by atoms with van der Waals surface area (Å²) in [5.74, 6) is 2.55. The zero-order chi connectivity index (χ0) is 21.9. The maximum Gasteiger partial charge on any atom is 0.255 e. The second-order valence-corrected chi connectivity index (χ2v) is 7.55. The maximum absolute atomic E-state index is 12.7. The minimum atomic E-state index is -0.203. The Bertz CT molecular complexity index is 956. The van der Waals surface area contributed by atoms with E-state index in [1.54, 1.807) is 18.2 Å². The van der Waals surface area contributed by atoms with Gasteiger partial charge in [-0.05, 0) is 54.8 Å². The third-order valence-corrected chi connectivity index (χ3v) is 4.52. The summed E-state index contributed by atoms with van der Waals surface area (Å²) in [6.07, 6.45) is 0.986. The van der Waals surface area contributed by atoms with Crippen LogP contribution in [0.5, 0.6) is 17.2 Å². The molecule has 0 aliphatic heterocycles. The Balaban J connectivity index is 1.50. The standard InChI is InChI=1S/C26H29NO4/c1-20(2)14-15-29-25-13-7-9-22(19-25)27-26(28)21-8-6-12-24(18-21)31-17-16-30-23-10-4-3-5-11-23/h3-13,18-20H,14-17H2,1-2H3,(H,27,28). The molecule has 0 saturated carbocycles. The molecule has 0 heterocycles. The van der Waals surface area contributed by atoms with Crippen molar-refractivity contribution in [1.29, 1.82) is 0 Å². The summed E-state index contributed by atoms with van der Waals surface area (Å²) in [5, 5.41) is 2.91. The minimum absolute atomic E-state index is 0.203. The number of anilines is 1. The number of rotatable bonds is 11. The number of benzene rings is 3. The van der Waals surface area contributed by atoms with E-state index >= 15 is 0 Å². The van der Waals surface area contributed by atoms with Gasteiger partial charge in [0.2, 0.25) is 0 Å². The van der Waals surface area contributed by atoms with E-state index in [1.807, 2.05) is 60.7 Å². The normalized spacial score (nSPS) is 10.5. The van der Waals surface area contributed by atoms with Crippen molar-refractivity contribution >= 4 is 11.6 Å². The van der Waals surface area contributed by atoms with E-state index in [2.05, 4.69) is 19.2 Å². The summed E-state index contributed by atoms with van der Waals surface area (Å²) in [4.78, 5) is 12.7. The van der Waals surface area contributed by atoms with Gasteiger partial charge in [0.05, 0.1) is 6.61 Å². The molecule has 0 aliphatic carbocycles. The van der Waals surface area contributed by atoms with Crippen molar-refractivity contribution in [1.82, 2.24) is 0 Å². The molecular weight excluding hydrogens is 390 g/mol. The van der Waals surface area contributed by atoms with Crippen LogP contribution in [0.4, 0.5) is 5.69 Å². The zero-order valence-electron chi connectivity index (χ0n) is 18.0. The van der Waals surface area contributed by atoms with Gasteiger partial charge in [-0.3, -0.25) is 4.79 Å². The summed E-state index contributed by atoms with van der Waals surface area (Å²) in [6, 6.07) is 24.1. The molecule has 0 radical (unpaired) electrons. The molecule has 1 N–H and O–H groups in total. The highest BCUT2D eigenvalue weighted by Crippen LogP contribution is 2.20. The monoisotopic (exact) mass is 419 g/mol. The highest BCUT2D eigenvalue weighted by atomic mass is 16.5. The predicted molar refractivity (Wildman–Crippen MR) is 123 cm³/mol. The molecule has 0 aliphatic rings. The molecule has 162 valence electrons. The van der Waals surface area contributed by atoms with Gasteiger partial charge in [0, 0.05) is 17.3 Å².